The molecule has 1 aliphatic rings. The smallest absolute Gasteiger partial charge is 0.247 e. The van der Waals surface area contributed by atoms with Crippen molar-refractivity contribution in [3.63, 3.8) is 0 Å². The van der Waals surface area contributed by atoms with Gasteiger partial charge in [-0.05, 0) is 43.7 Å². The van der Waals surface area contributed by atoms with Gasteiger partial charge in [0.2, 0.25) is 5.95 Å². The summed E-state index contributed by atoms with van der Waals surface area (Å²) in [4.78, 5) is 10.4. The molecule has 1 unspecified atom stereocenters. The van der Waals surface area contributed by atoms with Crippen LogP contribution in [-0.4, -0.2) is 39.3 Å². The number of aromatic amines is 1. The van der Waals surface area contributed by atoms with Crippen LogP contribution in [-0.2, 0) is 6.42 Å². The van der Waals surface area contributed by atoms with E-state index in [1.165, 1.54) is 35.7 Å². The summed E-state index contributed by atoms with van der Waals surface area (Å²) in [7, 11) is 0. The standard InChI is InChI=1S/C20H26N6/c1-2-16-7-5-6-12-26(16)20-24-19(14-23-25-20)21-11-10-15-13-22-18-9-4-3-8-17(15)18/h3-4,8-9,13-14,16,22H,2,5-7,10-12H2,1H3,(H,21,24,25). The average molecular weight is 350 g/mol. The third-order valence-electron chi connectivity index (χ3n) is 5.28. The number of hydrogen-bond donors (Lipinski definition) is 2. The van der Waals surface area contributed by atoms with Crippen molar-refractivity contribution in [3.8, 4) is 0 Å². The average Bonchev–Trinajstić information content (AvgIpc) is 3.11. The van der Waals surface area contributed by atoms with Crippen molar-refractivity contribution in [2.45, 2.75) is 45.1 Å². The molecule has 0 spiro atoms. The second-order valence-corrected chi connectivity index (χ2v) is 6.93. The third kappa shape index (κ3) is 3.49. The van der Waals surface area contributed by atoms with Gasteiger partial charge in [-0.15, -0.1) is 5.10 Å². The minimum absolute atomic E-state index is 0.534. The van der Waals surface area contributed by atoms with E-state index in [1.54, 1.807) is 6.20 Å². The zero-order valence-corrected chi connectivity index (χ0v) is 15.3. The summed E-state index contributed by atoms with van der Waals surface area (Å²) in [6, 6.07) is 8.94. The van der Waals surface area contributed by atoms with Crippen molar-refractivity contribution in [1.82, 2.24) is 20.2 Å². The molecule has 2 aromatic heterocycles. The van der Waals surface area contributed by atoms with Crippen LogP contribution in [0.1, 0.15) is 38.2 Å². The van der Waals surface area contributed by atoms with Crippen molar-refractivity contribution in [2.75, 3.05) is 23.3 Å². The molecule has 1 fully saturated rings. The van der Waals surface area contributed by atoms with Crippen LogP contribution in [0.25, 0.3) is 10.9 Å². The Hall–Kier alpha value is -2.63. The van der Waals surface area contributed by atoms with E-state index in [1.807, 2.05) is 0 Å². The highest BCUT2D eigenvalue weighted by Gasteiger charge is 2.23. The van der Waals surface area contributed by atoms with Crippen LogP contribution < -0.4 is 10.2 Å². The first-order chi connectivity index (χ1) is 12.8. The maximum atomic E-state index is 4.71. The number of rotatable bonds is 6. The molecule has 1 saturated heterocycles. The van der Waals surface area contributed by atoms with Gasteiger partial charge in [0, 0.05) is 36.2 Å². The van der Waals surface area contributed by atoms with Crippen molar-refractivity contribution in [2.24, 2.45) is 0 Å². The first kappa shape index (κ1) is 16.8. The van der Waals surface area contributed by atoms with Crippen molar-refractivity contribution >= 4 is 22.7 Å². The van der Waals surface area contributed by atoms with Gasteiger partial charge in [-0.3, -0.25) is 0 Å². The van der Waals surface area contributed by atoms with E-state index in [0.29, 0.717) is 6.04 Å². The number of piperidine rings is 1. The normalized spacial score (nSPS) is 17.6. The fourth-order valence-corrected chi connectivity index (χ4v) is 3.85. The van der Waals surface area contributed by atoms with Gasteiger partial charge in [0.25, 0.3) is 0 Å². The molecule has 2 N–H and O–H groups in total. The SMILES string of the molecule is CCC1CCCCN1c1nncc(NCCc2c[nH]c3ccccc23)n1. The molecule has 0 radical (unpaired) electrons. The van der Waals surface area contributed by atoms with Gasteiger partial charge in [-0.25, -0.2) is 0 Å². The molecule has 6 heteroatoms. The van der Waals surface area contributed by atoms with E-state index in [9.17, 15) is 0 Å². The molecule has 0 aliphatic carbocycles. The Kier molecular flexibility index (Phi) is 5.00. The lowest BCUT2D eigenvalue weighted by Gasteiger charge is -2.34. The van der Waals surface area contributed by atoms with Crippen molar-refractivity contribution in [3.05, 3.63) is 42.2 Å². The maximum Gasteiger partial charge on any atom is 0.247 e. The molecular formula is C20H26N6. The van der Waals surface area contributed by atoms with Gasteiger partial charge < -0.3 is 15.2 Å². The largest absolute Gasteiger partial charge is 0.368 e. The van der Waals surface area contributed by atoms with Gasteiger partial charge in [-0.1, -0.05) is 25.1 Å². The zero-order valence-electron chi connectivity index (χ0n) is 15.3. The molecule has 1 aliphatic heterocycles. The van der Waals surface area contributed by atoms with Gasteiger partial charge in [-0.2, -0.15) is 10.1 Å². The van der Waals surface area contributed by atoms with Crippen LogP contribution >= 0.6 is 0 Å². The molecule has 3 aromatic rings. The van der Waals surface area contributed by atoms with Crippen molar-refractivity contribution in [1.29, 1.82) is 0 Å². The maximum absolute atomic E-state index is 4.71. The third-order valence-corrected chi connectivity index (χ3v) is 5.28. The molecule has 26 heavy (non-hydrogen) atoms. The van der Waals surface area contributed by atoms with Crippen molar-refractivity contribution < 1.29 is 0 Å². The molecular weight excluding hydrogens is 324 g/mol. The topological polar surface area (TPSA) is 69.7 Å². The molecule has 0 saturated carbocycles. The van der Waals surface area contributed by atoms with E-state index in [0.717, 1.165) is 37.7 Å². The molecule has 4 rings (SSSR count). The molecule has 0 bridgehead atoms. The van der Waals surface area contributed by atoms with Gasteiger partial charge in [0.05, 0.1) is 6.20 Å². The fraction of sp³-hybridized carbons (Fsp3) is 0.450. The van der Waals surface area contributed by atoms with E-state index in [2.05, 4.69) is 62.8 Å². The molecule has 0 amide bonds. The summed E-state index contributed by atoms with van der Waals surface area (Å²) in [5.74, 6) is 1.56. The van der Waals surface area contributed by atoms with Gasteiger partial charge >= 0.3 is 0 Å². The van der Waals surface area contributed by atoms with E-state index in [4.69, 9.17) is 4.98 Å². The number of fused-ring (bicyclic) bond motifs is 1. The summed E-state index contributed by atoms with van der Waals surface area (Å²) in [5.41, 5.74) is 2.50. The van der Waals surface area contributed by atoms with Crippen LogP contribution in [0.2, 0.25) is 0 Å². The number of nitrogens with zero attached hydrogens (tertiary/aromatic N) is 4. The summed E-state index contributed by atoms with van der Waals surface area (Å²) >= 11 is 0. The minimum Gasteiger partial charge on any atom is -0.368 e. The highest BCUT2D eigenvalue weighted by molar-refractivity contribution is 5.83. The number of aromatic nitrogens is 4. The van der Waals surface area contributed by atoms with E-state index < -0.39 is 0 Å². The molecule has 3 heterocycles. The minimum atomic E-state index is 0.534. The molecule has 136 valence electrons. The zero-order chi connectivity index (χ0) is 17.8. The molecule has 1 atom stereocenters. The number of H-pyrrole nitrogens is 1. The van der Waals surface area contributed by atoms with Gasteiger partial charge in [0.1, 0.15) is 0 Å². The second kappa shape index (κ2) is 7.72. The Labute approximate surface area is 154 Å². The number of benzene rings is 1. The van der Waals surface area contributed by atoms with Crippen LogP contribution in [0, 0.1) is 0 Å². The predicted molar refractivity (Wildman–Crippen MR) is 106 cm³/mol. The van der Waals surface area contributed by atoms with Crippen LogP contribution in [0.4, 0.5) is 11.8 Å². The lowest BCUT2D eigenvalue weighted by Crippen LogP contribution is -2.40. The monoisotopic (exact) mass is 350 g/mol. The number of nitrogens with one attached hydrogen (secondary N) is 2. The number of para-hydroxylation sites is 1. The Bertz CT molecular complexity index is 858. The quantitative estimate of drug-likeness (QED) is 0.708. The second-order valence-electron chi connectivity index (χ2n) is 6.93. The van der Waals surface area contributed by atoms with E-state index >= 15 is 0 Å². The van der Waals surface area contributed by atoms with Crippen LogP contribution in [0.5, 0.6) is 0 Å². The summed E-state index contributed by atoms with van der Waals surface area (Å²) in [6.07, 6.45) is 9.59. The first-order valence-corrected chi connectivity index (χ1v) is 9.60. The fourth-order valence-electron chi connectivity index (χ4n) is 3.85. The Balaban J connectivity index is 1.41. The molecule has 1 aromatic carbocycles. The first-order valence-electron chi connectivity index (χ1n) is 9.60. The summed E-state index contributed by atoms with van der Waals surface area (Å²) < 4.78 is 0. The van der Waals surface area contributed by atoms with E-state index in [-0.39, 0.29) is 0 Å². The number of anilines is 2. The summed E-state index contributed by atoms with van der Waals surface area (Å²) in [5, 5.41) is 13.1. The Morgan fingerprint density at radius 1 is 1.27 bits per heavy atom. The van der Waals surface area contributed by atoms with Crippen LogP contribution in [0.15, 0.2) is 36.7 Å². The Morgan fingerprint density at radius 2 is 2.19 bits per heavy atom. The lowest BCUT2D eigenvalue weighted by atomic mass is 10.0. The highest BCUT2D eigenvalue weighted by Crippen LogP contribution is 2.24. The highest BCUT2D eigenvalue weighted by atomic mass is 15.3. The molecule has 6 nitrogen and oxygen atoms in total. The van der Waals surface area contributed by atoms with Gasteiger partial charge in [0.15, 0.2) is 5.82 Å². The van der Waals surface area contributed by atoms with Crippen LogP contribution in [0.3, 0.4) is 0 Å². The summed E-state index contributed by atoms with van der Waals surface area (Å²) in [6.45, 7) is 4.08. The number of hydrogen-bond acceptors (Lipinski definition) is 5. The lowest BCUT2D eigenvalue weighted by molar-refractivity contribution is 0.442. The Morgan fingerprint density at radius 3 is 3.12 bits per heavy atom. The predicted octanol–water partition coefficient (Wildman–Crippen LogP) is 3.78.